The molecule has 0 bridgehead atoms. The van der Waals surface area contributed by atoms with Crippen molar-refractivity contribution in [3.05, 3.63) is 29.3 Å². The Morgan fingerprint density at radius 3 is 2.59 bits per heavy atom. The molecule has 1 amide bonds. The molecule has 22 heavy (non-hydrogen) atoms. The minimum Gasteiger partial charge on any atom is -0.544 e. The van der Waals surface area contributed by atoms with Gasteiger partial charge in [0.2, 0.25) is 5.91 Å². The van der Waals surface area contributed by atoms with E-state index >= 15 is 0 Å². The quantitative estimate of drug-likeness (QED) is 0.549. The zero-order chi connectivity index (χ0) is 16.1. The Morgan fingerprint density at radius 1 is 1.32 bits per heavy atom. The third kappa shape index (κ3) is 4.29. The molecule has 1 saturated heterocycles. The van der Waals surface area contributed by atoms with Gasteiger partial charge < -0.3 is 25.4 Å². The summed E-state index contributed by atoms with van der Waals surface area (Å²) in [5.41, 5.74) is 2.82. The molecule has 0 spiro atoms. The van der Waals surface area contributed by atoms with E-state index < -0.39 is 12.0 Å². The Hall–Kier alpha value is -1.92. The fourth-order valence-electron chi connectivity index (χ4n) is 2.93. The van der Waals surface area contributed by atoms with Crippen LogP contribution in [-0.4, -0.2) is 44.1 Å². The predicted molar refractivity (Wildman–Crippen MR) is 80.3 cm³/mol. The molecule has 2 rings (SSSR count). The second kappa shape index (κ2) is 7.38. The molecule has 4 N–H and O–H groups in total. The van der Waals surface area contributed by atoms with Crippen LogP contribution in [-0.2, 0) is 9.59 Å². The predicted octanol–water partition coefficient (Wildman–Crippen LogP) is -2.79. The number of hydrogen-bond acceptors (Lipinski definition) is 3. The van der Waals surface area contributed by atoms with Crippen molar-refractivity contribution < 1.29 is 24.9 Å². The smallest absolute Gasteiger partial charge is 0.230 e. The number of benzene rings is 1. The van der Waals surface area contributed by atoms with Crippen molar-refractivity contribution in [1.82, 2.24) is 0 Å². The monoisotopic (exact) mass is 306 g/mol. The van der Waals surface area contributed by atoms with Crippen LogP contribution in [0.5, 0.6) is 0 Å². The van der Waals surface area contributed by atoms with Crippen molar-refractivity contribution in [2.24, 2.45) is 0 Å². The third-order valence-corrected chi connectivity index (χ3v) is 4.16. The number of quaternary nitrogens is 2. The summed E-state index contributed by atoms with van der Waals surface area (Å²) in [6.45, 7) is 7.17. The van der Waals surface area contributed by atoms with Gasteiger partial charge >= 0.3 is 0 Å². The van der Waals surface area contributed by atoms with Crippen LogP contribution in [0.4, 0.5) is 5.69 Å². The van der Waals surface area contributed by atoms with E-state index in [0.717, 1.165) is 47.9 Å². The SMILES string of the molecule is Cc1ccc(NC(=O)C[C@H](C(=O)[O-])[NH+]2CC[NH2+]CC2)c(C)c1. The van der Waals surface area contributed by atoms with Crippen molar-refractivity contribution in [1.29, 1.82) is 0 Å². The maximum Gasteiger partial charge on any atom is 0.230 e. The van der Waals surface area contributed by atoms with E-state index in [1.54, 1.807) is 0 Å². The molecule has 1 aliphatic heterocycles. The largest absolute Gasteiger partial charge is 0.544 e. The minimum atomic E-state index is -1.15. The minimum absolute atomic E-state index is 0.0506. The van der Waals surface area contributed by atoms with Gasteiger partial charge in [-0.25, -0.2) is 0 Å². The molecule has 0 aromatic heterocycles. The Kier molecular flexibility index (Phi) is 5.51. The summed E-state index contributed by atoms with van der Waals surface area (Å²) in [5, 5.41) is 16.3. The molecule has 1 aliphatic rings. The highest BCUT2D eigenvalue weighted by atomic mass is 16.4. The Labute approximate surface area is 130 Å². The molecule has 1 heterocycles. The molecule has 0 saturated carbocycles. The lowest BCUT2D eigenvalue weighted by Crippen LogP contribution is -3.24. The molecule has 1 atom stereocenters. The lowest BCUT2D eigenvalue weighted by Gasteiger charge is -2.30. The topological polar surface area (TPSA) is 90.3 Å². The zero-order valence-corrected chi connectivity index (χ0v) is 13.1. The van der Waals surface area contributed by atoms with Gasteiger partial charge in [0.15, 0.2) is 0 Å². The van der Waals surface area contributed by atoms with Gasteiger partial charge in [0.1, 0.15) is 32.2 Å². The normalized spacial score (nSPS) is 17.0. The fraction of sp³-hybridized carbons (Fsp3) is 0.500. The third-order valence-electron chi connectivity index (χ3n) is 4.16. The van der Waals surface area contributed by atoms with Crippen LogP contribution in [0.1, 0.15) is 17.5 Å². The van der Waals surface area contributed by atoms with Crippen LogP contribution in [0, 0.1) is 13.8 Å². The summed E-state index contributed by atoms with van der Waals surface area (Å²) < 4.78 is 0. The highest BCUT2D eigenvalue weighted by Crippen LogP contribution is 2.16. The molecule has 0 radical (unpaired) electrons. The van der Waals surface area contributed by atoms with Crippen LogP contribution in [0.3, 0.4) is 0 Å². The summed E-state index contributed by atoms with van der Waals surface area (Å²) in [5.74, 6) is -1.42. The number of carbonyl (C=O) groups is 2. The van der Waals surface area contributed by atoms with E-state index in [4.69, 9.17) is 0 Å². The molecular formula is C16H24N3O3+. The van der Waals surface area contributed by atoms with Gasteiger partial charge in [0.25, 0.3) is 0 Å². The number of amides is 1. The first-order chi connectivity index (χ1) is 10.5. The number of hydrogen-bond donors (Lipinski definition) is 3. The number of aliphatic carboxylic acids is 1. The average molecular weight is 306 g/mol. The number of nitrogens with one attached hydrogen (secondary N) is 2. The molecule has 0 aliphatic carbocycles. The van der Waals surface area contributed by atoms with Gasteiger partial charge in [0.05, 0.1) is 12.4 Å². The number of anilines is 1. The van der Waals surface area contributed by atoms with E-state index in [1.165, 1.54) is 0 Å². The molecule has 1 aromatic rings. The van der Waals surface area contributed by atoms with Gasteiger partial charge in [0, 0.05) is 5.69 Å². The fourth-order valence-corrected chi connectivity index (χ4v) is 2.93. The van der Waals surface area contributed by atoms with E-state index in [9.17, 15) is 14.7 Å². The highest BCUT2D eigenvalue weighted by molar-refractivity contribution is 5.94. The maximum absolute atomic E-state index is 12.2. The number of carboxylic acids is 1. The number of carbonyl (C=O) groups excluding carboxylic acids is 2. The lowest BCUT2D eigenvalue weighted by atomic mass is 10.1. The van der Waals surface area contributed by atoms with E-state index in [0.29, 0.717) is 0 Å². The molecular weight excluding hydrogens is 282 g/mol. The number of rotatable bonds is 5. The molecule has 6 heteroatoms. The van der Waals surface area contributed by atoms with E-state index in [2.05, 4.69) is 10.6 Å². The number of nitrogens with two attached hydrogens (primary N) is 1. The van der Waals surface area contributed by atoms with Crippen LogP contribution in [0.25, 0.3) is 0 Å². The van der Waals surface area contributed by atoms with Crippen molar-refractivity contribution in [2.75, 3.05) is 31.5 Å². The van der Waals surface area contributed by atoms with Crippen LogP contribution in [0.2, 0.25) is 0 Å². The standard InChI is InChI=1S/C16H23N3O3/c1-11-3-4-13(12(2)9-11)18-15(20)10-14(16(21)22)19-7-5-17-6-8-19/h3-4,9,14,17H,5-8,10H2,1-2H3,(H,18,20)(H,21,22)/p+1/t14-/m1/s1. The zero-order valence-electron chi connectivity index (χ0n) is 13.1. The maximum atomic E-state index is 12.2. The van der Waals surface area contributed by atoms with Gasteiger partial charge in [-0.3, -0.25) is 4.79 Å². The first-order valence-electron chi connectivity index (χ1n) is 7.71. The molecule has 0 unspecified atom stereocenters. The van der Waals surface area contributed by atoms with Crippen molar-refractivity contribution in [2.45, 2.75) is 26.3 Å². The summed E-state index contributed by atoms with van der Waals surface area (Å²) in [6.07, 6.45) is -0.0506. The molecule has 1 fully saturated rings. The van der Waals surface area contributed by atoms with Crippen molar-refractivity contribution in [3.63, 3.8) is 0 Å². The summed E-state index contributed by atoms with van der Waals surface area (Å²) in [4.78, 5) is 24.5. The molecule has 120 valence electrons. The van der Waals surface area contributed by atoms with Crippen LogP contribution in [0.15, 0.2) is 18.2 Å². The van der Waals surface area contributed by atoms with Crippen LogP contribution < -0.4 is 20.6 Å². The Morgan fingerprint density at radius 2 is 2.00 bits per heavy atom. The summed E-state index contributed by atoms with van der Waals surface area (Å²) in [7, 11) is 0. The van der Waals surface area contributed by atoms with Gasteiger partial charge in [-0.2, -0.15) is 0 Å². The molecule has 6 nitrogen and oxygen atoms in total. The first-order valence-corrected chi connectivity index (χ1v) is 7.71. The Bertz CT molecular complexity index is 554. The van der Waals surface area contributed by atoms with Gasteiger partial charge in [-0.1, -0.05) is 17.7 Å². The van der Waals surface area contributed by atoms with E-state index in [-0.39, 0.29) is 12.3 Å². The second-order valence-corrected chi connectivity index (χ2v) is 5.97. The van der Waals surface area contributed by atoms with Crippen molar-refractivity contribution >= 4 is 17.6 Å². The average Bonchev–Trinajstić information content (AvgIpc) is 2.48. The second-order valence-electron chi connectivity index (χ2n) is 5.97. The number of piperazine rings is 1. The Balaban J connectivity index is 2.00. The number of aryl methyl sites for hydroxylation is 2. The highest BCUT2D eigenvalue weighted by Gasteiger charge is 2.29. The summed E-state index contributed by atoms with van der Waals surface area (Å²) in [6, 6.07) is 4.97. The van der Waals surface area contributed by atoms with Gasteiger partial charge in [-0.15, -0.1) is 0 Å². The van der Waals surface area contributed by atoms with Gasteiger partial charge in [-0.05, 0) is 25.5 Å². The molecule has 1 aromatic carbocycles. The van der Waals surface area contributed by atoms with Crippen LogP contribution >= 0.6 is 0 Å². The van der Waals surface area contributed by atoms with E-state index in [1.807, 2.05) is 32.0 Å². The lowest BCUT2D eigenvalue weighted by molar-refractivity contribution is -0.961. The summed E-state index contributed by atoms with van der Waals surface area (Å²) >= 11 is 0. The van der Waals surface area contributed by atoms with Crippen molar-refractivity contribution in [3.8, 4) is 0 Å². The number of carboxylic acid groups (broad SMARTS) is 1. The first kappa shape index (κ1) is 16.5.